The second-order valence-corrected chi connectivity index (χ2v) is 5.44. The minimum atomic E-state index is -1.63. The van der Waals surface area contributed by atoms with E-state index in [1.165, 1.54) is 30.3 Å². The quantitative estimate of drug-likeness (QED) is 0.942. The average molecular weight is 303 g/mol. The van der Waals surface area contributed by atoms with Gasteiger partial charge < -0.3 is 9.52 Å². The van der Waals surface area contributed by atoms with Crippen LogP contribution in [-0.4, -0.2) is 15.3 Å². The molecule has 0 saturated heterocycles. The van der Waals surface area contributed by atoms with Crippen LogP contribution in [-0.2, 0) is 16.6 Å². The molecule has 1 aromatic heterocycles. The maximum atomic E-state index is 13.1. The summed E-state index contributed by atoms with van der Waals surface area (Å²) < 4.78 is 29.9. The lowest BCUT2D eigenvalue weighted by molar-refractivity contribution is 0.0656. The molecule has 0 saturated carbocycles. The molecule has 1 atom stereocenters. The summed E-state index contributed by atoms with van der Waals surface area (Å²) in [6.45, 7) is 0. The highest BCUT2D eigenvalue weighted by Crippen LogP contribution is 2.22. The summed E-state index contributed by atoms with van der Waals surface area (Å²) >= 11 is 5.86. The molecule has 0 spiro atoms. The molecule has 0 fully saturated rings. The molecule has 0 amide bonds. The van der Waals surface area contributed by atoms with Crippen LogP contribution < -0.4 is 0 Å². The lowest BCUT2D eigenvalue weighted by Gasteiger charge is -2.03. The van der Waals surface area contributed by atoms with Crippen LogP contribution >= 0.6 is 11.6 Å². The largest absolute Gasteiger partial charge is 0.475 e. The fourth-order valence-corrected chi connectivity index (χ4v) is 2.75. The van der Waals surface area contributed by atoms with Crippen molar-refractivity contribution in [3.8, 4) is 0 Å². The molecule has 1 aromatic carbocycles. The van der Waals surface area contributed by atoms with Crippen molar-refractivity contribution in [1.82, 2.24) is 0 Å². The van der Waals surface area contributed by atoms with Crippen molar-refractivity contribution in [1.29, 1.82) is 0 Å². The lowest BCUT2D eigenvalue weighted by atomic mass is 10.2. The maximum absolute atomic E-state index is 13.1. The molecule has 1 unspecified atom stereocenters. The summed E-state index contributed by atoms with van der Waals surface area (Å²) in [5, 5.41) is 8.99. The van der Waals surface area contributed by atoms with Gasteiger partial charge in [-0.1, -0.05) is 11.6 Å². The molecule has 0 aliphatic heterocycles. The van der Waals surface area contributed by atoms with Crippen molar-refractivity contribution in [3.05, 3.63) is 52.5 Å². The Bertz CT molecular complexity index is 653. The van der Waals surface area contributed by atoms with Crippen molar-refractivity contribution in [2.75, 3.05) is 0 Å². The van der Waals surface area contributed by atoms with Gasteiger partial charge in [-0.15, -0.1) is 0 Å². The summed E-state index contributed by atoms with van der Waals surface area (Å²) in [6.07, 6.45) is 0. The van der Waals surface area contributed by atoms with E-state index in [-0.39, 0.29) is 16.6 Å². The second kappa shape index (κ2) is 5.54. The van der Waals surface area contributed by atoms with Gasteiger partial charge in [0.1, 0.15) is 5.82 Å². The molecule has 1 heterocycles. The molecule has 0 radical (unpaired) electrons. The van der Waals surface area contributed by atoms with Gasteiger partial charge >= 0.3 is 5.97 Å². The Balaban J connectivity index is 2.20. The second-order valence-electron chi connectivity index (χ2n) is 3.65. The molecular weight excluding hydrogens is 295 g/mol. The Hall–Kier alpha value is -1.66. The van der Waals surface area contributed by atoms with E-state index in [4.69, 9.17) is 21.1 Å². The van der Waals surface area contributed by atoms with Gasteiger partial charge in [0.05, 0.1) is 16.6 Å². The number of carboxylic acid groups (broad SMARTS) is 1. The first-order valence-electron chi connectivity index (χ1n) is 5.13. The number of aromatic carboxylic acids is 1. The minimum absolute atomic E-state index is 0.0118. The predicted octanol–water partition coefficient (Wildman–Crippen LogP) is 3.08. The number of carbonyl (C=O) groups is 1. The standard InChI is InChI=1S/C12H8ClFO4S/c13-9-2-1-8(14)5-7(9)6-19(17)11-4-3-10(18-11)12(15)16/h1-5H,6H2,(H,15,16). The molecule has 7 heteroatoms. The van der Waals surface area contributed by atoms with Crippen molar-refractivity contribution >= 4 is 28.4 Å². The number of carboxylic acids is 1. The highest BCUT2D eigenvalue weighted by molar-refractivity contribution is 7.84. The van der Waals surface area contributed by atoms with Crippen LogP contribution in [0.25, 0.3) is 0 Å². The SMILES string of the molecule is O=C(O)c1ccc(S(=O)Cc2cc(F)ccc2Cl)o1. The van der Waals surface area contributed by atoms with Gasteiger partial charge in [0, 0.05) is 5.02 Å². The third-order valence-electron chi connectivity index (χ3n) is 2.31. The van der Waals surface area contributed by atoms with Crippen molar-refractivity contribution in [3.63, 3.8) is 0 Å². The van der Waals surface area contributed by atoms with Gasteiger partial charge in [0.2, 0.25) is 5.76 Å². The predicted molar refractivity (Wildman–Crippen MR) is 67.2 cm³/mol. The first kappa shape index (κ1) is 13.8. The number of hydrogen-bond acceptors (Lipinski definition) is 3. The van der Waals surface area contributed by atoms with Gasteiger partial charge in [0.25, 0.3) is 0 Å². The van der Waals surface area contributed by atoms with Gasteiger partial charge in [0.15, 0.2) is 5.09 Å². The third-order valence-corrected chi connectivity index (χ3v) is 3.92. The zero-order valence-corrected chi connectivity index (χ0v) is 11.0. The van der Waals surface area contributed by atoms with Crippen LogP contribution in [0.15, 0.2) is 39.8 Å². The van der Waals surface area contributed by atoms with Crippen LogP contribution in [0.2, 0.25) is 5.02 Å². The summed E-state index contributed by atoms with van der Waals surface area (Å²) in [6, 6.07) is 6.27. The normalized spacial score (nSPS) is 12.3. The number of halogens is 2. The van der Waals surface area contributed by atoms with Crippen LogP contribution in [0.4, 0.5) is 4.39 Å². The van der Waals surface area contributed by atoms with Crippen LogP contribution in [0.5, 0.6) is 0 Å². The van der Waals surface area contributed by atoms with E-state index in [1.54, 1.807) is 0 Å². The summed E-state index contributed by atoms with van der Waals surface area (Å²) in [5.41, 5.74) is 0.369. The summed E-state index contributed by atoms with van der Waals surface area (Å²) in [5.74, 6) is -2.08. The average Bonchev–Trinajstić information content (AvgIpc) is 2.83. The van der Waals surface area contributed by atoms with Crippen LogP contribution in [0.3, 0.4) is 0 Å². The minimum Gasteiger partial charge on any atom is -0.475 e. The Morgan fingerprint density at radius 2 is 2.11 bits per heavy atom. The molecule has 19 heavy (non-hydrogen) atoms. The molecule has 0 bridgehead atoms. The molecule has 1 N–H and O–H groups in total. The Labute approximate surface area is 115 Å². The van der Waals surface area contributed by atoms with E-state index < -0.39 is 22.6 Å². The van der Waals surface area contributed by atoms with E-state index in [9.17, 15) is 13.4 Å². The molecular formula is C12H8ClFO4S. The first-order valence-corrected chi connectivity index (χ1v) is 6.82. The first-order chi connectivity index (χ1) is 8.97. The Kier molecular flexibility index (Phi) is 4.01. The number of benzene rings is 1. The monoisotopic (exact) mass is 302 g/mol. The number of furan rings is 1. The van der Waals surface area contributed by atoms with E-state index in [0.29, 0.717) is 10.6 Å². The molecule has 4 nitrogen and oxygen atoms in total. The fourth-order valence-electron chi connectivity index (χ4n) is 1.42. The summed E-state index contributed by atoms with van der Waals surface area (Å²) in [7, 11) is -1.63. The van der Waals surface area contributed by atoms with Gasteiger partial charge in [-0.25, -0.2) is 9.18 Å². The zero-order valence-electron chi connectivity index (χ0n) is 9.43. The van der Waals surface area contributed by atoms with Gasteiger partial charge in [-0.3, -0.25) is 4.21 Å². The maximum Gasteiger partial charge on any atom is 0.371 e. The molecule has 0 aliphatic carbocycles. The van der Waals surface area contributed by atoms with Crippen molar-refractivity contribution in [2.45, 2.75) is 10.8 Å². The van der Waals surface area contributed by atoms with Gasteiger partial charge in [-0.2, -0.15) is 0 Å². The highest BCUT2D eigenvalue weighted by atomic mass is 35.5. The molecule has 0 aliphatic rings. The van der Waals surface area contributed by atoms with E-state index in [1.807, 2.05) is 0 Å². The molecule has 2 aromatic rings. The van der Waals surface area contributed by atoms with Crippen molar-refractivity contribution in [2.24, 2.45) is 0 Å². The van der Waals surface area contributed by atoms with Crippen LogP contribution in [0, 0.1) is 5.82 Å². The van der Waals surface area contributed by atoms with Crippen molar-refractivity contribution < 1.29 is 22.9 Å². The Morgan fingerprint density at radius 3 is 2.74 bits per heavy atom. The number of rotatable bonds is 4. The smallest absolute Gasteiger partial charge is 0.371 e. The highest BCUT2D eigenvalue weighted by Gasteiger charge is 2.15. The molecule has 2 rings (SSSR count). The zero-order chi connectivity index (χ0) is 14.0. The fraction of sp³-hybridized carbons (Fsp3) is 0.0833. The van der Waals surface area contributed by atoms with Gasteiger partial charge in [-0.05, 0) is 35.9 Å². The summed E-state index contributed by atoms with van der Waals surface area (Å²) in [4.78, 5) is 10.6. The van der Waals surface area contributed by atoms with Crippen LogP contribution in [0.1, 0.15) is 16.1 Å². The molecule has 100 valence electrons. The third kappa shape index (κ3) is 3.21. The van der Waals surface area contributed by atoms with E-state index in [0.717, 1.165) is 0 Å². The Morgan fingerprint density at radius 1 is 1.37 bits per heavy atom. The van der Waals surface area contributed by atoms with E-state index >= 15 is 0 Å². The number of hydrogen-bond donors (Lipinski definition) is 1. The lowest BCUT2D eigenvalue weighted by Crippen LogP contribution is -1.97. The topological polar surface area (TPSA) is 67.5 Å². The van der Waals surface area contributed by atoms with E-state index in [2.05, 4.69) is 0 Å².